The first-order chi connectivity index (χ1) is 4.75. The van der Waals surface area contributed by atoms with E-state index in [1.165, 1.54) is 0 Å². The highest BCUT2D eigenvalue weighted by atomic mass is 79.9. The Bertz CT molecular complexity index is 213. The van der Waals surface area contributed by atoms with E-state index in [2.05, 4.69) is 15.9 Å². The molecule has 0 heterocycles. The van der Waals surface area contributed by atoms with Crippen molar-refractivity contribution in [2.75, 3.05) is 5.33 Å². The highest BCUT2D eigenvalue weighted by molar-refractivity contribution is 9.09. The summed E-state index contributed by atoms with van der Waals surface area (Å²) in [6.45, 7) is 1.95. The smallest absolute Gasteiger partial charge is 0.172 e. The van der Waals surface area contributed by atoms with Crippen LogP contribution in [0.15, 0.2) is 23.3 Å². The monoisotopic (exact) mass is 198 g/mol. The number of nitrogens with one attached hydrogen (secondary N) is 1. The molecular formula is C8H9BrN+. The second kappa shape index (κ2) is 3.06. The Morgan fingerprint density at radius 2 is 2.30 bits per heavy atom. The van der Waals surface area contributed by atoms with Gasteiger partial charge in [0, 0.05) is 13.3 Å². The molecule has 0 saturated heterocycles. The lowest BCUT2D eigenvalue weighted by Crippen LogP contribution is -2.07. The summed E-state index contributed by atoms with van der Waals surface area (Å²) in [5.74, 6) is 0. The second-order valence-corrected chi connectivity index (χ2v) is 2.80. The molecule has 0 aromatic carbocycles. The number of rotatable bonds is 1. The van der Waals surface area contributed by atoms with Crippen molar-refractivity contribution in [3.8, 4) is 0 Å². The number of alkyl halides is 1. The van der Waals surface area contributed by atoms with Gasteiger partial charge in [-0.05, 0) is 0 Å². The van der Waals surface area contributed by atoms with Gasteiger partial charge >= 0.3 is 0 Å². The third-order valence-corrected chi connectivity index (χ3v) is 2.11. The fourth-order valence-corrected chi connectivity index (χ4v) is 1.31. The third kappa shape index (κ3) is 1.32. The standard InChI is InChI=1S/C8H9BrN/c1-6-3-2-4-7(5-9)8(6)10/h2-4,10H,5H2,1H3/q+1. The van der Waals surface area contributed by atoms with Gasteiger partial charge in [0.15, 0.2) is 5.71 Å². The Balaban J connectivity index is 2.80. The highest BCUT2D eigenvalue weighted by Crippen LogP contribution is 2.15. The van der Waals surface area contributed by atoms with Gasteiger partial charge in [-0.3, -0.25) is 5.41 Å². The molecule has 0 amide bonds. The molecule has 52 valence electrons. The van der Waals surface area contributed by atoms with Crippen molar-refractivity contribution in [2.45, 2.75) is 6.92 Å². The van der Waals surface area contributed by atoms with E-state index in [-0.39, 0.29) is 0 Å². The maximum Gasteiger partial charge on any atom is 0.172 e. The Hall–Kier alpha value is -0.500. The van der Waals surface area contributed by atoms with Crippen LogP contribution in [0.3, 0.4) is 0 Å². The first-order valence-corrected chi connectivity index (χ1v) is 4.24. The Labute approximate surface area is 69.5 Å². The molecule has 1 N–H and O–H groups in total. The van der Waals surface area contributed by atoms with Crippen LogP contribution in [0.2, 0.25) is 0 Å². The van der Waals surface area contributed by atoms with Gasteiger partial charge in [-0.25, -0.2) is 0 Å². The van der Waals surface area contributed by atoms with E-state index in [1.54, 1.807) is 0 Å². The van der Waals surface area contributed by atoms with Gasteiger partial charge in [0.2, 0.25) is 0 Å². The quantitative estimate of drug-likeness (QED) is 0.495. The second-order valence-electron chi connectivity index (χ2n) is 2.24. The predicted molar refractivity (Wildman–Crippen MR) is 47.7 cm³/mol. The summed E-state index contributed by atoms with van der Waals surface area (Å²) in [7, 11) is 0. The summed E-state index contributed by atoms with van der Waals surface area (Å²) in [6, 6.07) is 0. The summed E-state index contributed by atoms with van der Waals surface area (Å²) in [4.78, 5) is 0. The third-order valence-electron chi connectivity index (χ3n) is 1.50. The van der Waals surface area contributed by atoms with Crippen LogP contribution in [0.1, 0.15) is 6.92 Å². The van der Waals surface area contributed by atoms with Gasteiger partial charge < -0.3 is 0 Å². The first-order valence-electron chi connectivity index (χ1n) is 3.11. The minimum absolute atomic E-state index is 0.652. The normalized spacial score (nSPS) is 17.6. The average Bonchev–Trinajstić information content (AvgIpc) is 1.95. The molecule has 1 nitrogen and oxygen atoms in total. The molecule has 0 saturated carbocycles. The number of allylic oxidation sites excluding steroid dienone is 4. The topological polar surface area (TPSA) is 23.9 Å². The van der Waals surface area contributed by atoms with Gasteiger partial charge in [0.05, 0.1) is 28.6 Å². The average molecular weight is 199 g/mol. The molecular weight excluding hydrogens is 190 g/mol. The van der Waals surface area contributed by atoms with Crippen molar-refractivity contribution < 1.29 is 0 Å². The lowest BCUT2D eigenvalue weighted by atomic mass is 9.99. The van der Waals surface area contributed by atoms with Crippen molar-refractivity contribution in [3.63, 3.8) is 0 Å². The van der Waals surface area contributed by atoms with Gasteiger partial charge in [0.1, 0.15) is 0 Å². The minimum Gasteiger partial charge on any atom is -0.275 e. The van der Waals surface area contributed by atoms with Crippen LogP contribution in [-0.2, 0) is 0 Å². The van der Waals surface area contributed by atoms with Crippen LogP contribution in [0.5, 0.6) is 0 Å². The van der Waals surface area contributed by atoms with Crippen molar-refractivity contribution >= 4 is 21.6 Å². The van der Waals surface area contributed by atoms with Crippen LogP contribution in [0.4, 0.5) is 0 Å². The molecule has 2 heteroatoms. The summed E-state index contributed by atoms with van der Waals surface area (Å²) in [5, 5.41) is 8.34. The van der Waals surface area contributed by atoms with E-state index in [0.717, 1.165) is 16.5 Å². The van der Waals surface area contributed by atoms with E-state index in [9.17, 15) is 0 Å². The van der Waals surface area contributed by atoms with Crippen LogP contribution in [0, 0.1) is 11.8 Å². The fraction of sp³-hybridized carbons (Fsp3) is 0.250. The van der Waals surface area contributed by atoms with Crippen LogP contribution in [-0.4, -0.2) is 11.0 Å². The van der Waals surface area contributed by atoms with Gasteiger partial charge in [-0.2, -0.15) is 0 Å². The molecule has 0 bridgehead atoms. The molecule has 0 unspecified atom stereocenters. The zero-order chi connectivity index (χ0) is 7.56. The maximum atomic E-state index is 7.57. The Morgan fingerprint density at radius 3 is 2.80 bits per heavy atom. The van der Waals surface area contributed by atoms with Gasteiger partial charge in [0.25, 0.3) is 0 Å². The number of hydrogen-bond donors (Lipinski definition) is 1. The molecule has 0 fully saturated rings. The predicted octanol–water partition coefficient (Wildman–Crippen LogP) is 2.49. The summed E-state index contributed by atoms with van der Waals surface area (Å²) in [6.07, 6.45) is 5.89. The largest absolute Gasteiger partial charge is 0.275 e. The van der Waals surface area contributed by atoms with E-state index in [1.807, 2.05) is 25.5 Å². The molecule has 0 aromatic rings. The molecule has 1 aliphatic carbocycles. The number of halogens is 1. The van der Waals surface area contributed by atoms with Crippen LogP contribution >= 0.6 is 15.9 Å². The minimum atomic E-state index is 0.652. The highest BCUT2D eigenvalue weighted by Gasteiger charge is 2.17. The molecule has 0 aliphatic heterocycles. The molecule has 0 radical (unpaired) electrons. The molecule has 0 aromatic heterocycles. The Kier molecular flexibility index (Phi) is 2.33. The zero-order valence-electron chi connectivity index (χ0n) is 5.82. The molecule has 1 rings (SSSR count). The molecule has 1 aliphatic rings. The SMILES string of the molecule is CC1=C[CH+]C=C(CBr)C1=N. The molecule has 10 heavy (non-hydrogen) atoms. The van der Waals surface area contributed by atoms with E-state index in [0.29, 0.717) is 5.71 Å². The lowest BCUT2D eigenvalue weighted by molar-refractivity contribution is 1.37. The lowest BCUT2D eigenvalue weighted by Gasteiger charge is -2.01. The van der Waals surface area contributed by atoms with Gasteiger partial charge in [-0.1, -0.05) is 15.9 Å². The molecule has 0 spiro atoms. The van der Waals surface area contributed by atoms with Crippen LogP contribution < -0.4 is 0 Å². The fourth-order valence-electron chi connectivity index (χ4n) is 0.840. The Morgan fingerprint density at radius 1 is 1.60 bits per heavy atom. The van der Waals surface area contributed by atoms with E-state index >= 15 is 0 Å². The van der Waals surface area contributed by atoms with Crippen molar-refractivity contribution in [2.24, 2.45) is 0 Å². The van der Waals surface area contributed by atoms with Crippen molar-refractivity contribution in [3.05, 3.63) is 29.7 Å². The summed E-state index contributed by atoms with van der Waals surface area (Å²) >= 11 is 3.32. The summed E-state index contributed by atoms with van der Waals surface area (Å²) < 4.78 is 0. The van der Waals surface area contributed by atoms with Crippen molar-refractivity contribution in [1.29, 1.82) is 5.41 Å². The van der Waals surface area contributed by atoms with Crippen molar-refractivity contribution in [1.82, 2.24) is 0 Å². The molecule has 0 atom stereocenters. The van der Waals surface area contributed by atoms with E-state index in [4.69, 9.17) is 5.41 Å². The first kappa shape index (κ1) is 7.61. The number of hydrogen-bond acceptors (Lipinski definition) is 1. The van der Waals surface area contributed by atoms with Gasteiger partial charge in [-0.15, -0.1) is 0 Å². The summed E-state index contributed by atoms with van der Waals surface area (Å²) in [5.41, 5.74) is 2.75. The maximum absolute atomic E-state index is 7.57. The zero-order valence-corrected chi connectivity index (χ0v) is 7.40. The van der Waals surface area contributed by atoms with Crippen LogP contribution in [0.25, 0.3) is 0 Å². The van der Waals surface area contributed by atoms with E-state index < -0.39 is 0 Å².